The Morgan fingerprint density at radius 3 is 2.52 bits per heavy atom. The molecule has 2 aromatic rings. The van der Waals surface area contributed by atoms with E-state index in [0.717, 1.165) is 4.47 Å². The monoisotopic (exact) mass is 377 g/mol. The number of halogens is 1. The van der Waals surface area contributed by atoms with Gasteiger partial charge in [-0.05, 0) is 35.0 Å². The molecule has 0 aromatic heterocycles. The molecule has 2 aromatic carbocycles. The van der Waals surface area contributed by atoms with Crippen LogP contribution in [0.4, 0.5) is 5.69 Å². The third kappa shape index (κ3) is 3.76. The highest BCUT2D eigenvalue weighted by molar-refractivity contribution is 9.10. The number of hydrogen-bond donors (Lipinski definition) is 1. The molecule has 1 unspecified atom stereocenters. The van der Waals surface area contributed by atoms with Crippen LogP contribution in [-0.4, -0.2) is 25.2 Å². The maximum atomic E-state index is 12.3. The van der Waals surface area contributed by atoms with Crippen molar-refractivity contribution in [1.82, 2.24) is 0 Å². The molecule has 1 atom stereocenters. The lowest BCUT2D eigenvalue weighted by atomic mass is 10.2. The van der Waals surface area contributed by atoms with Gasteiger partial charge in [-0.15, -0.1) is 0 Å². The van der Waals surface area contributed by atoms with Gasteiger partial charge in [0.25, 0.3) is 5.91 Å². The number of fused-ring (bicyclic) bond motifs is 1. The molecule has 0 bridgehead atoms. The number of benzene rings is 2. The molecule has 0 radical (unpaired) electrons. The first-order chi connectivity index (χ1) is 11.1. The first-order valence-electron chi connectivity index (χ1n) is 7.25. The fourth-order valence-corrected chi connectivity index (χ4v) is 2.57. The third-order valence-corrected chi connectivity index (χ3v) is 3.97. The van der Waals surface area contributed by atoms with Crippen LogP contribution in [0.2, 0.25) is 0 Å². The second-order valence-electron chi connectivity index (χ2n) is 5.04. The van der Waals surface area contributed by atoms with E-state index in [1.807, 2.05) is 30.3 Å². The zero-order chi connectivity index (χ0) is 16.2. The predicted molar refractivity (Wildman–Crippen MR) is 90.3 cm³/mol. The normalized spacial score (nSPS) is 14.0. The van der Waals surface area contributed by atoms with Gasteiger partial charge < -0.3 is 19.5 Å². The second kappa shape index (κ2) is 6.91. The van der Waals surface area contributed by atoms with E-state index in [2.05, 4.69) is 21.2 Å². The van der Waals surface area contributed by atoms with Crippen molar-refractivity contribution in [2.45, 2.75) is 13.0 Å². The summed E-state index contributed by atoms with van der Waals surface area (Å²) < 4.78 is 17.4. The van der Waals surface area contributed by atoms with Crippen LogP contribution < -0.4 is 19.5 Å². The van der Waals surface area contributed by atoms with Gasteiger partial charge in [0.05, 0.1) is 5.69 Å². The summed E-state index contributed by atoms with van der Waals surface area (Å²) >= 11 is 3.43. The van der Waals surface area contributed by atoms with Crippen molar-refractivity contribution in [3.8, 4) is 17.2 Å². The van der Waals surface area contributed by atoms with Crippen LogP contribution in [0.15, 0.2) is 46.9 Å². The van der Waals surface area contributed by atoms with Crippen LogP contribution in [0, 0.1) is 0 Å². The molecule has 0 fully saturated rings. The molecule has 1 aliphatic heterocycles. The molecular weight excluding hydrogens is 362 g/mol. The van der Waals surface area contributed by atoms with Crippen LogP contribution in [-0.2, 0) is 4.79 Å². The van der Waals surface area contributed by atoms with E-state index in [1.54, 1.807) is 19.1 Å². The number of hydrogen-bond acceptors (Lipinski definition) is 4. The molecule has 1 amide bonds. The first kappa shape index (κ1) is 15.7. The first-order valence-corrected chi connectivity index (χ1v) is 8.04. The summed E-state index contributed by atoms with van der Waals surface area (Å²) in [5.74, 6) is 1.68. The molecule has 0 saturated carbocycles. The summed E-state index contributed by atoms with van der Waals surface area (Å²) in [5, 5.41) is 2.83. The minimum Gasteiger partial charge on any atom is -0.486 e. The standard InChI is InChI=1S/C17H16BrNO4/c1-11(23-12-5-3-2-4-6-12)17(20)19-14-10-16-15(9-13(14)18)21-7-8-22-16/h2-6,9-11H,7-8H2,1H3,(H,19,20). The van der Waals surface area contributed by atoms with Gasteiger partial charge in [0, 0.05) is 16.6 Å². The second-order valence-corrected chi connectivity index (χ2v) is 5.89. The molecule has 1 N–H and O–H groups in total. The number of carbonyl (C=O) groups is 1. The van der Waals surface area contributed by atoms with Crippen molar-refractivity contribution >= 4 is 27.5 Å². The molecule has 23 heavy (non-hydrogen) atoms. The molecule has 1 aliphatic rings. The van der Waals surface area contributed by atoms with E-state index in [-0.39, 0.29) is 5.91 Å². The van der Waals surface area contributed by atoms with Gasteiger partial charge in [0.1, 0.15) is 19.0 Å². The van der Waals surface area contributed by atoms with Crippen LogP contribution >= 0.6 is 15.9 Å². The van der Waals surface area contributed by atoms with Gasteiger partial charge in [-0.3, -0.25) is 4.79 Å². The Hall–Kier alpha value is -2.21. The average molecular weight is 378 g/mol. The van der Waals surface area contributed by atoms with Crippen molar-refractivity contribution in [2.24, 2.45) is 0 Å². The van der Waals surface area contributed by atoms with Gasteiger partial charge >= 0.3 is 0 Å². The van der Waals surface area contributed by atoms with Gasteiger partial charge in [0.2, 0.25) is 0 Å². The highest BCUT2D eigenvalue weighted by Gasteiger charge is 2.19. The Kier molecular flexibility index (Phi) is 4.71. The number of para-hydroxylation sites is 1. The van der Waals surface area contributed by atoms with Crippen molar-refractivity contribution in [2.75, 3.05) is 18.5 Å². The van der Waals surface area contributed by atoms with E-state index in [1.165, 1.54) is 0 Å². The molecule has 120 valence electrons. The molecule has 3 rings (SSSR count). The summed E-state index contributed by atoms with van der Waals surface area (Å²) in [5.41, 5.74) is 0.614. The van der Waals surface area contributed by atoms with Gasteiger partial charge in [0.15, 0.2) is 17.6 Å². The summed E-state index contributed by atoms with van der Waals surface area (Å²) in [6.07, 6.45) is -0.627. The molecular formula is C17H16BrNO4. The van der Waals surface area contributed by atoms with E-state index in [9.17, 15) is 4.79 Å². The minimum absolute atomic E-state index is 0.244. The number of ether oxygens (including phenoxy) is 3. The van der Waals surface area contributed by atoms with Crippen molar-refractivity contribution in [1.29, 1.82) is 0 Å². The quantitative estimate of drug-likeness (QED) is 0.883. The van der Waals surface area contributed by atoms with Gasteiger partial charge in [-0.1, -0.05) is 18.2 Å². The minimum atomic E-state index is -0.627. The van der Waals surface area contributed by atoms with Gasteiger partial charge in [-0.2, -0.15) is 0 Å². The molecule has 0 aliphatic carbocycles. The van der Waals surface area contributed by atoms with Crippen molar-refractivity contribution in [3.63, 3.8) is 0 Å². The highest BCUT2D eigenvalue weighted by Crippen LogP contribution is 2.38. The number of amides is 1. The summed E-state index contributed by atoms with van der Waals surface area (Å²) in [7, 11) is 0. The van der Waals surface area contributed by atoms with E-state index < -0.39 is 6.10 Å². The Labute approximate surface area is 142 Å². The number of nitrogens with one attached hydrogen (secondary N) is 1. The molecule has 1 heterocycles. The maximum Gasteiger partial charge on any atom is 0.265 e. The maximum absolute atomic E-state index is 12.3. The summed E-state index contributed by atoms with van der Waals surface area (Å²) in [6, 6.07) is 12.8. The van der Waals surface area contributed by atoms with Gasteiger partial charge in [-0.25, -0.2) is 0 Å². The molecule has 5 nitrogen and oxygen atoms in total. The molecule has 0 spiro atoms. The number of anilines is 1. The fraction of sp³-hybridized carbons (Fsp3) is 0.235. The SMILES string of the molecule is CC(Oc1ccccc1)C(=O)Nc1cc2c(cc1Br)OCCO2. The van der Waals surface area contributed by atoms with Crippen LogP contribution in [0.25, 0.3) is 0 Å². The topological polar surface area (TPSA) is 56.8 Å². The van der Waals surface area contributed by atoms with E-state index in [4.69, 9.17) is 14.2 Å². The Morgan fingerprint density at radius 2 is 1.83 bits per heavy atom. The Morgan fingerprint density at radius 1 is 1.17 bits per heavy atom. The smallest absolute Gasteiger partial charge is 0.265 e. The average Bonchev–Trinajstić information content (AvgIpc) is 2.56. The lowest BCUT2D eigenvalue weighted by molar-refractivity contribution is -0.122. The highest BCUT2D eigenvalue weighted by atomic mass is 79.9. The lowest BCUT2D eigenvalue weighted by Gasteiger charge is -2.21. The van der Waals surface area contributed by atoms with Crippen LogP contribution in [0.5, 0.6) is 17.2 Å². The lowest BCUT2D eigenvalue weighted by Crippen LogP contribution is -2.30. The molecule has 6 heteroatoms. The number of rotatable bonds is 4. The van der Waals surface area contributed by atoms with Crippen molar-refractivity contribution in [3.05, 3.63) is 46.9 Å². The van der Waals surface area contributed by atoms with Crippen molar-refractivity contribution < 1.29 is 19.0 Å². The zero-order valence-electron chi connectivity index (χ0n) is 12.5. The summed E-state index contributed by atoms with van der Waals surface area (Å²) in [6.45, 7) is 2.72. The Bertz CT molecular complexity index is 705. The van der Waals surface area contributed by atoms with Crippen LogP contribution in [0.1, 0.15) is 6.92 Å². The summed E-state index contributed by atoms with van der Waals surface area (Å²) in [4.78, 5) is 12.3. The van der Waals surface area contributed by atoms with E-state index >= 15 is 0 Å². The largest absolute Gasteiger partial charge is 0.486 e. The molecule has 0 saturated heterocycles. The number of carbonyl (C=O) groups excluding carboxylic acids is 1. The van der Waals surface area contributed by atoms with E-state index in [0.29, 0.717) is 36.1 Å². The fourth-order valence-electron chi connectivity index (χ4n) is 2.15. The van der Waals surface area contributed by atoms with Crippen LogP contribution in [0.3, 0.4) is 0 Å². The Balaban J connectivity index is 1.70. The zero-order valence-corrected chi connectivity index (χ0v) is 14.1. The predicted octanol–water partition coefficient (Wildman–Crippen LogP) is 3.63. The third-order valence-electron chi connectivity index (χ3n) is 3.32.